The SMILES string of the molecule is CCCCC1(C)CN(c2ccccc2)c2cc(N(C)C)c(CSCC(=O)O)cc2S(=O)(=O)N1B(C)Cc1ccccc1. The van der Waals surface area contributed by atoms with E-state index in [4.69, 9.17) is 0 Å². The molecule has 0 fully saturated rings. The van der Waals surface area contributed by atoms with Crippen LogP contribution >= 0.6 is 11.8 Å². The third-order valence-electron chi connectivity index (χ3n) is 7.89. The van der Waals surface area contributed by atoms with Gasteiger partial charge in [-0.3, -0.25) is 4.79 Å². The van der Waals surface area contributed by atoms with Gasteiger partial charge in [-0.25, -0.2) is 12.6 Å². The molecule has 0 radical (unpaired) electrons. The number of nitrogens with zero attached hydrogens (tertiary/aromatic N) is 3. The highest BCUT2D eigenvalue weighted by atomic mass is 32.2. The zero-order valence-electron chi connectivity index (χ0n) is 25.3. The molecule has 224 valence electrons. The number of unbranched alkanes of at least 4 members (excludes halogenated alkanes) is 1. The lowest BCUT2D eigenvalue weighted by molar-refractivity contribution is -0.133. The minimum atomic E-state index is -3.98. The van der Waals surface area contributed by atoms with Crippen LogP contribution in [-0.4, -0.2) is 62.5 Å². The maximum Gasteiger partial charge on any atom is 0.313 e. The summed E-state index contributed by atoms with van der Waals surface area (Å²) in [4.78, 5) is 15.7. The second-order valence-corrected chi connectivity index (χ2v) is 14.4. The average Bonchev–Trinajstić information content (AvgIpc) is 3.02. The number of anilines is 3. The van der Waals surface area contributed by atoms with Gasteiger partial charge in [0, 0.05) is 43.3 Å². The van der Waals surface area contributed by atoms with Crippen LogP contribution in [0.25, 0.3) is 0 Å². The van der Waals surface area contributed by atoms with E-state index in [1.54, 1.807) is 10.3 Å². The molecule has 0 amide bonds. The molecule has 1 unspecified atom stereocenters. The molecule has 42 heavy (non-hydrogen) atoms. The quantitative estimate of drug-likeness (QED) is 0.234. The number of carbonyl (C=O) groups is 1. The second kappa shape index (κ2) is 13.6. The Hall–Kier alpha value is -2.95. The fourth-order valence-electron chi connectivity index (χ4n) is 6.08. The summed E-state index contributed by atoms with van der Waals surface area (Å²) in [5.74, 6) is -0.556. The Labute approximate surface area is 256 Å². The predicted octanol–water partition coefficient (Wildman–Crippen LogP) is 6.56. The Balaban J connectivity index is 1.96. The van der Waals surface area contributed by atoms with Gasteiger partial charge in [0.1, 0.15) is 4.90 Å². The van der Waals surface area contributed by atoms with Gasteiger partial charge in [0.2, 0.25) is 16.9 Å². The highest BCUT2D eigenvalue weighted by Gasteiger charge is 2.49. The number of carboxylic acids is 1. The number of rotatable bonds is 12. The Morgan fingerprint density at radius 3 is 2.31 bits per heavy atom. The number of sulfonamides is 1. The molecule has 3 aromatic rings. The van der Waals surface area contributed by atoms with E-state index in [-0.39, 0.29) is 17.5 Å². The van der Waals surface area contributed by atoms with Crippen molar-refractivity contribution in [2.24, 2.45) is 0 Å². The number of hydrogen-bond acceptors (Lipinski definition) is 6. The summed E-state index contributed by atoms with van der Waals surface area (Å²) < 4.78 is 31.8. The van der Waals surface area contributed by atoms with E-state index in [0.29, 0.717) is 24.3 Å². The maximum absolute atomic E-state index is 15.0. The minimum Gasteiger partial charge on any atom is -0.481 e. The average molecular weight is 608 g/mol. The van der Waals surface area contributed by atoms with E-state index in [9.17, 15) is 9.90 Å². The minimum absolute atomic E-state index is 0.0534. The third-order valence-corrected chi connectivity index (χ3v) is 11.1. The van der Waals surface area contributed by atoms with Crippen molar-refractivity contribution in [3.8, 4) is 0 Å². The molecule has 1 aliphatic heterocycles. The van der Waals surface area contributed by atoms with Crippen LogP contribution in [0.5, 0.6) is 0 Å². The normalized spacial score (nSPS) is 18.3. The summed E-state index contributed by atoms with van der Waals surface area (Å²) >= 11 is 1.27. The van der Waals surface area contributed by atoms with Gasteiger partial charge >= 0.3 is 5.97 Å². The van der Waals surface area contributed by atoms with Crippen molar-refractivity contribution >= 4 is 51.7 Å². The van der Waals surface area contributed by atoms with Crippen molar-refractivity contribution in [3.63, 3.8) is 0 Å². The van der Waals surface area contributed by atoms with Crippen LogP contribution in [0.3, 0.4) is 0 Å². The van der Waals surface area contributed by atoms with Crippen LogP contribution in [0.1, 0.15) is 44.2 Å². The number of para-hydroxylation sites is 1. The first-order valence-corrected chi connectivity index (χ1v) is 17.1. The van der Waals surface area contributed by atoms with Crippen LogP contribution in [-0.2, 0) is 26.9 Å². The maximum atomic E-state index is 15.0. The van der Waals surface area contributed by atoms with Crippen molar-refractivity contribution in [2.45, 2.75) is 62.4 Å². The molecule has 10 heteroatoms. The van der Waals surface area contributed by atoms with Crippen LogP contribution in [0.4, 0.5) is 17.1 Å². The number of benzene rings is 3. The Bertz CT molecular complexity index is 1470. The lowest BCUT2D eigenvalue weighted by Crippen LogP contribution is -2.59. The topological polar surface area (TPSA) is 81.2 Å². The predicted molar refractivity (Wildman–Crippen MR) is 177 cm³/mol. The molecule has 1 aliphatic rings. The van der Waals surface area contributed by atoms with Crippen molar-refractivity contribution in [2.75, 3.05) is 36.2 Å². The summed E-state index contributed by atoms with van der Waals surface area (Å²) in [6.45, 7) is 6.47. The van der Waals surface area contributed by atoms with Crippen molar-refractivity contribution < 1.29 is 18.3 Å². The summed E-state index contributed by atoms with van der Waals surface area (Å²) in [7, 11) is -0.106. The van der Waals surface area contributed by atoms with Gasteiger partial charge in [-0.15, -0.1) is 11.8 Å². The van der Waals surface area contributed by atoms with Gasteiger partial charge in [-0.05, 0) is 49.5 Å². The highest BCUT2D eigenvalue weighted by molar-refractivity contribution is 7.99. The molecule has 1 heterocycles. The van der Waals surface area contributed by atoms with Crippen LogP contribution in [0, 0.1) is 0 Å². The zero-order chi connectivity index (χ0) is 30.5. The lowest BCUT2D eigenvalue weighted by atomic mass is 9.58. The number of thioether (sulfide) groups is 1. The molecule has 0 aliphatic carbocycles. The van der Waals surface area contributed by atoms with Crippen LogP contribution in [0.15, 0.2) is 77.7 Å². The van der Waals surface area contributed by atoms with Crippen LogP contribution in [0.2, 0.25) is 6.82 Å². The first-order chi connectivity index (χ1) is 20.0. The fourth-order valence-corrected chi connectivity index (χ4v) is 9.02. The highest BCUT2D eigenvalue weighted by Crippen LogP contribution is 2.45. The van der Waals surface area contributed by atoms with Crippen molar-refractivity contribution in [3.05, 3.63) is 83.9 Å². The van der Waals surface area contributed by atoms with Crippen molar-refractivity contribution in [1.29, 1.82) is 0 Å². The van der Waals surface area contributed by atoms with Gasteiger partial charge in [0.15, 0.2) is 0 Å². The molecule has 0 saturated heterocycles. The van der Waals surface area contributed by atoms with E-state index in [1.165, 1.54) is 11.8 Å². The first kappa shape index (κ1) is 32.0. The second-order valence-electron chi connectivity index (χ2n) is 11.6. The molecule has 0 aromatic heterocycles. The molecular formula is C32H42BN3O4S2. The Morgan fingerprint density at radius 1 is 1.07 bits per heavy atom. The first-order valence-electron chi connectivity index (χ1n) is 14.5. The molecule has 3 aromatic carbocycles. The molecular weight excluding hydrogens is 565 g/mol. The number of aliphatic carboxylic acids is 1. The zero-order valence-corrected chi connectivity index (χ0v) is 26.9. The summed E-state index contributed by atoms with van der Waals surface area (Å²) in [6, 6.07) is 23.8. The lowest BCUT2D eigenvalue weighted by Gasteiger charge is -2.43. The molecule has 7 nitrogen and oxygen atoms in total. The molecule has 1 N–H and O–H groups in total. The van der Waals surface area contributed by atoms with Crippen LogP contribution < -0.4 is 9.80 Å². The van der Waals surface area contributed by atoms with E-state index < -0.39 is 21.5 Å². The standard InChI is InChI=1S/C32H42BN3O4S2/c1-6-7-18-32(2)24-35(27-16-12-9-13-17-27)29-20-28(34(4)5)26(22-41-23-31(37)38)19-30(29)42(39,40)36(32)33(3)21-25-14-10-8-11-15-25/h8-17,19-20H,6-7,18,21-24H2,1-5H3,(H,37,38). The smallest absolute Gasteiger partial charge is 0.313 e. The molecule has 0 saturated carbocycles. The number of fused-ring (bicyclic) bond motifs is 1. The van der Waals surface area contributed by atoms with Gasteiger partial charge in [0.05, 0.1) is 11.4 Å². The molecule has 4 rings (SSSR count). The Morgan fingerprint density at radius 2 is 1.71 bits per heavy atom. The van der Waals surface area contributed by atoms with Gasteiger partial charge in [-0.1, -0.05) is 80.7 Å². The van der Waals surface area contributed by atoms with Gasteiger partial charge < -0.3 is 14.9 Å². The van der Waals surface area contributed by atoms with Gasteiger partial charge in [0.25, 0.3) is 0 Å². The van der Waals surface area contributed by atoms with E-state index in [0.717, 1.165) is 41.8 Å². The van der Waals surface area contributed by atoms with E-state index in [1.807, 2.05) is 80.4 Å². The monoisotopic (exact) mass is 607 g/mol. The van der Waals surface area contributed by atoms with E-state index >= 15 is 8.42 Å². The largest absolute Gasteiger partial charge is 0.481 e. The molecule has 0 spiro atoms. The summed E-state index contributed by atoms with van der Waals surface area (Å²) in [5.41, 5.74) is 3.67. The van der Waals surface area contributed by atoms with Gasteiger partial charge in [-0.2, -0.15) is 0 Å². The molecule has 1 atom stereocenters. The molecule has 0 bridgehead atoms. The third kappa shape index (κ3) is 6.98. The van der Waals surface area contributed by atoms with Crippen molar-refractivity contribution in [1.82, 2.24) is 4.22 Å². The van der Waals surface area contributed by atoms with E-state index in [2.05, 4.69) is 30.9 Å². The number of carboxylic acid groups (broad SMARTS) is 1. The fraction of sp³-hybridized carbons (Fsp3) is 0.406. The Kier molecular flexibility index (Phi) is 10.3. The summed E-state index contributed by atoms with van der Waals surface area (Å²) in [5, 5.41) is 9.25. The summed E-state index contributed by atoms with van der Waals surface area (Å²) in [6.07, 6.45) is 3.19. The number of hydrogen-bond donors (Lipinski definition) is 1.